The highest BCUT2D eigenvalue weighted by molar-refractivity contribution is 9.09. The van der Waals surface area contributed by atoms with E-state index in [0.29, 0.717) is 18.5 Å². The Balaban J connectivity index is 1.75. The summed E-state index contributed by atoms with van der Waals surface area (Å²) in [5, 5.41) is 16.2. The maximum atomic E-state index is 14.1. The molecule has 9 heteroatoms. The third-order valence-corrected chi connectivity index (χ3v) is 8.01. The van der Waals surface area contributed by atoms with Crippen LogP contribution in [0.5, 0.6) is 0 Å². The molecule has 1 aromatic rings. The second kappa shape index (κ2) is 9.48. The minimum atomic E-state index is -1.14. The fourth-order valence-corrected chi connectivity index (χ4v) is 7.01. The third-order valence-electron chi connectivity index (χ3n) is 7.17. The molecule has 0 aromatic heterocycles. The summed E-state index contributed by atoms with van der Waals surface area (Å²) in [6.07, 6.45) is 0.436. The molecule has 1 aromatic carbocycles. The van der Waals surface area contributed by atoms with Crippen molar-refractivity contribution in [2.24, 2.45) is 17.8 Å². The molecular formula is C26H36BrN3O5. The number of alkyl halides is 1. The number of hydrogen-bond acceptors (Lipinski definition) is 5. The van der Waals surface area contributed by atoms with Gasteiger partial charge >= 0.3 is 0 Å². The number of fused-ring (bicyclic) bond motifs is 1. The lowest BCUT2D eigenvalue weighted by Gasteiger charge is -2.38. The molecule has 0 radical (unpaired) electrons. The molecule has 7 atom stereocenters. The quantitative estimate of drug-likeness (QED) is 0.453. The van der Waals surface area contributed by atoms with Gasteiger partial charge in [-0.15, -0.1) is 0 Å². The van der Waals surface area contributed by atoms with Gasteiger partial charge in [0.25, 0.3) is 0 Å². The van der Waals surface area contributed by atoms with Gasteiger partial charge in [-0.05, 0) is 51.7 Å². The second-order valence-corrected chi connectivity index (χ2v) is 12.6. The van der Waals surface area contributed by atoms with Gasteiger partial charge in [-0.25, -0.2) is 0 Å². The van der Waals surface area contributed by atoms with E-state index < -0.39 is 41.2 Å². The average molecular weight is 550 g/mol. The third kappa shape index (κ3) is 4.62. The monoisotopic (exact) mass is 549 g/mol. The van der Waals surface area contributed by atoms with E-state index in [9.17, 15) is 19.5 Å². The Labute approximate surface area is 215 Å². The number of amides is 3. The number of nitrogens with one attached hydrogen (secondary N) is 2. The van der Waals surface area contributed by atoms with Crippen molar-refractivity contribution in [2.75, 3.05) is 11.9 Å². The molecule has 3 N–H and O–H groups in total. The fraction of sp³-hybridized carbons (Fsp3) is 0.654. The van der Waals surface area contributed by atoms with Crippen LogP contribution in [0.3, 0.4) is 0 Å². The first-order valence-electron chi connectivity index (χ1n) is 12.3. The number of likely N-dealkylation sites (tertiary alicyclic amines) is 1. The second-order valence-electron chi connectivity index (χ2n) is 11.5. The van der Waals surface area contributed by atoms with Gasteiger partial charge in [-0.1, -0.05) is 48.0 Å². The SMILES string of the molecule is CC(C)C[C@H](CO)N1C(=O)[C@@H]2[C@H](C(=O)Nc3ccccc3)[C@H]3OC2(CC3Br)C1C(=O)NC(C)(C)C. The van der Waals surface area contributed by atoms with Crippen molar-refractivity contribution in [2.45, 2.75) is 81.6 Å². The number of benzene rings is 1. The van der Waals surface area contributed by atoms with Gasteiger partial charge in [0.15, 0.2) is 0 Å². The lowest BCUT2D eigenvalue weighted by molar-refractivity contribution is -0.146. The number of nitrogens with zero attached hydrogens (tertiary/aromatic N) is 1. The molecule has 35 heavy (non-hydrogen) atoms. The highest BCUT2D eigenvalue weighted by Gasteiger charge is 2.77. The zero-order valence-corrected chi connectivity index (χ0v) is 22.5. The van der Waals surface area contributed by atoms with Gasteiger partial charge in [-0.3, -0.25) is 14.4 Å². The van der Waals surface area contributed by atoms with Crippen molar-refractivity contribution in [1.82, 2.24) is 10.2 Å². The highest BCUT2D eigenvalue weighted by Crippen LogP contribution is 2.60. The molecule has 192 valence electrons. The number of halogens is 1. The van der Waals surface area contributed by atoms with Gasteiger partial charge < -0.3 is 25.4 Å². The van der Waals surface area contributed by atoms with Crippen LogP contribution in [-0.4, -0.2) is 68.5 Å². The molecule has 2 bridgehead atoms. The molecule has 3 aliphatic rings. The molecular weight excluding hydrogens is 514 g/mol. The number of anilines is 1. The molecule has 3 unspecified atom stereocenters. The van der Waals surface area contributed by atoms with Gasteiger partial charge in [-0.2, -0.15) is 0 Å². The molecule has 3 saturated heterocycles. The number of hydrogen-bond donors (Lipinski definition) is 3. The van der Waals surface area contributed by atoms with Crippen LogP contribution in [0.15, 0.2) is 30.3 Å². The van der Waals surface area contributed by atoms with Gasteiger partial charge in [0.1, 0.15) is 11.6 Å². The summed E-state index contributed by atoms with van der Waals surface area (Å²) < 4.78 is 6.50. The van der Waals surface area contributed by atoms with Crippen molar-refractivity contribution in [3.8, 4) is 0 Å². The average Bonchev–Trinajstić information content (AvgIpc) is 3.34. The molecule has 3 amide bonds. The maximum absolute atomic E-state index is 14.1. The molecule has 3 heterocycles. The molecule has 8 nitrogen and oxygen atoms in total. The van der Waals surface area contributed by atoms with E-state index >= 15 is 0 Å². The Morgan fingerprint density at radius 1 is 1.23 bits per heavy atom. The number of rotatable bonds is 7. The van der Waals surface area contributed by atoms with Crippen molar-refractivity contribution in [3.63, 3.8) is 0 Å². The highest BCUT2D eigenvalue weighted by atomic mass is 79.9. The molecule has 3 fully saturated rings. The number of carbonyl (C=O) groups is 3. The molecule has 0 saturated carbocycles. The van der Waals surface area contributed by atoms with Crippen LogP contribution in [-0.2, 0) is 19.1 Å². The van der Waals surface area contributed by atoms with E-state index in [0.717, 1.165) is 0 Å². The van der Waals surface area contributed by atoms with Crippen LogP contribution in [0.4, 0.5) is 5.69 Å². The number of aliphatic hydroxyl groups is 1. The fourth-order valence-electron chi connectivity index (χ4n) is 6.07. The summed E-state index contributed by atoms with van der Waals surface area (Å²) in [5.41, 5.74) is -1.03. The molecule has 0 aliphatic carbocycles. The smallest absolute Gasteiger partial charge is 0.246 e. The number of para-hydroxylation sites is 1. The minimum Gasteiger partial charge on any atom is -0.394 e. The topological polar surface area (TPSA) is 108 Å². The summed E-state index contributed by atoms with van der Waals surface area (Å²) in [4.78, 5) is 42.7. The van der Waals surface area contributed by atoms with Crippen LogP contribution in [0.1, 0.15) is 47.5 Å². The maximum Gasteiger partial charge on any atom is 0.246 e. The number of ether oxygens (including phenoxy) is 1. The lowest BCUT2D eigenvalue weighted by atomic mass is 9.70. The van der Waals surface area contributed by atoms with Crippen LogP contribution < -0.4 is 10.6 Å². The van der Waals surface area contributed by atoms with E-state index in [1.165, 1.54) is 4.90 Å². The van der Waals surface area contributed by atoms with Gasteiger partial charge in [0.05, 0.1) is 30.6 Å². The first kappa shape index (κ1) is 26.1. The lowest BCUT2D eigenvalue weighted by Crippen LogP contribution is -2.60. The predicted octanol–water partition coefficient (Wildman–Crippen LogP) is 2.69. The summed E-state index contributed by atoms with van der Waals surface area (Å²) in [7, 11) is 0. The zero-order valence-electron chi connectivity index (χ0n) is 21.0. The van der Waals surface area contributed by atoms with Gasteiger partial charge in [0.2, 0.25) is 17.7 Å². The summed E-state index contributed by atoms with van der Waals surface area (Å²) >= 11 is 3.68. The Kier molecular flexibility index (Phi) is 7.07. The van der Waals surface area contributed by atoms with Crippen LogP contribution in [0.25, 0.3) is 0 Å². The Bertz CT molecular complexity index is 981. The predicted molar refractivity (Wildman–Crippen MR) is 136 cm³/mol. The number of carbonyl (C=O) groups excluding carboxylic acids is 3. The van der Waals surface area contributed by atoms with Crippen LogP contribution in [0.2, 0.25) is 0 Å². The molecule has 4 rings (SSSR count). The standard InChI is InChI=1S/C26H36BrN3O5/c1-14(2)11-16(13-31)30-21(23(33)29-25(3,4)5)26-12-17(27)20(35-26)18(19(26)24(30)34)22(32)28-15-9-7-6-8-10-15/h6-10,14,16-21,31H,11-13H2,1-5H3,(H,28,32)(H,29,33)/t16-,17?,18+,19+,20+,21?,26?/m1/s1. The molecule has 1 spiro atoms. The van der Waals surface area contributed by atoms with E-state index in [1.54, 1.807) is 12.1 Å². The Hall–Kier alpha value is -1.97. The van der Waals surface area contributed by atoms with E-state index in [-0.39, 0.29) is 35.1 Å². The Morgan fingerprint density at radius 2 is 1.89 bits per heavy atom. The normalized spacial score (nSPS) is 32.6. The number of aliphatic hydroxyl groups excluding tert-OH is 1. The van der Waals surface area contributed by atoms with E-state index in [4.69, 9.17) is 4.74 Å². The summed E-state index contributed by atoms with van der Waals surface area (Å²) in [6.45, 7) is 9.41. The molecule has 3 aliphatic heterocycles. The summed E-state index contributed by atoms with van der Waals surface area (Å²) in [5.74, 6) is -2.28. The minimum absolute atomic E-state index is 0.180. The first-order valence-corrected chi connectivity index (χ1v) is 13.2. The zero-order chi connectivity index (χ0) is 25.7. The first-order chi connectivity index (χ1) is 16.4. The van der Waals surface area contributed by atoms with Crippen molar-refractivity contribution in [1.29, 1.82) is 0 Å². The Morgan fingerprint density at radius 3 is 2.46 bits per heavy atom. The van der Waals surface area contributed by atoms with E-state index in [2.05, 4.69) is 26.6 Å². The van der Waals surface area contributed by atoms with Crippen LogP contribution >= 0.6 is 15.9 Å². The van der Waals surface area contributed by atoms with Crippen molar-refractivity contribution >= 4 is 39.3 Å². The van der Waals surface area contributed by atoms with Crippen molar-refractivity contribution < 1.29 is 24.2 Å². The summed E-state index contributed by atoms with van der Waals surface area (Å²) in [6, 6.07) is 7.62. The van der Waals surface area contributed by atoms with Gasteiger partial charge in [0, 0.05) is 16.1 Å². The largest absolute Gasteiger partial charge is 0.394 e. The van der Waals surface area contributed by atoms with Crippen molar-refractivity contribution in [3.05, 3.63) is 30.3 Å². The van der Waals surface area contributed by atoms with Crippen LogP contribution in [0, 0.1) is 17.8 Å². The van der Waals surface area contributed by atoms with E-state index in [1.807, 2.05) is 52.8 Å².